The van der Waals surface area contributed by atoms with Crippen molar-refractivity contribution in [3.05, 3.63) is 71.3 Å². The standard InChI is InChI=1S/C28H31NO7/c1-31-20-6-8-21(9-7-20)36-17-25-24-16-27(35-5)26(34-4)14-18(24)10-11-29(25)28(30)19-12-22(32-2)15-23(13-19)33-3/h6-9,12-16,25H,10-11,17H2,1-5H3/t25-/m1/s1. The van der Waals surface area contributed by atoms with Crippen molar-refractivity contribution in [3.8, 4) is 34.5 Å². The van der Waals surface area contributed by atoms with Gasteiger partial charge < -0.3 is 33.3 Å². The lowest BCUT2D eigenvalue weighted by Crippen LogP contribution is -2.42. The van der Waals surface area contributed by atoms with Crippen LogP contribution in [-0.4, -0.2) is 59.5 Å². The second kappa shape index (κ2) is 11.1. The number of fused-ring (bicyclic) bond motifs is 1. The van der Waals surface area contributed by atoms with Crippen LogP contribution in [0.15, 0.2) is 54.6 Å². The third-order valence-electron chi connectivity index (χ3n) is 6.33. The van der Waals surface area contributed by atoms with Gasteiger partial charge in [-0.25, -0.2) is 0 Å². The third kappa shape index (κ3) is 5.12. The number of carbonyl (C=O) groups excluding carboxylic acids is 1. The molecule has 0 N–H and O–H groups in total. The van der Waals surface area contributed by atoms with E-state index in [1.165, 1.54) is 0 Å². The number of hydrogen-bond donors (Lipinski definition) is 0. The Balaban J connectivity index is 1.71. The van der Waals surface area contributed by atoms with Gasteiger partial charge in [0.25, 0.3) is 5.91 Å². The lowest BCUT2D eigenvalue weighted by molar-refractivity contribution is 0.0588. The highest BCUT2D eigenvalue weighted by Crippen LogP contribution is 2.39. The fourth-order valence-electron chi connectivity index (χ4n) is 4.39. The van der Waals surface area contributed by atoms with Gasteiger partial charge in [0.2, 0.25) is 0 Å². The molecule has 0 fully saturated rings. The topological polar surface area (TPSA) is 75.7 Å². The van der Waals surface area contributed by atoms with Crippen LogP contribution in [0.2, 0.25) is 0 Å². The van der Waals surface area contributed by atoms with Gasteiger partial charge in [-0.1, -0.05) is 0 Å². The van der Waals surface area contributed by atoms with Gasteiger partial charge in [0.15, 0.2) is 11.5 Å². The van der Waals surface area contributed by atoms with Crippen molar-refractivity contribution in [2.75, 3.05) is 48.7 Å². The molecule has 190 valence electrons. The normalized spacial score (nSPS) is 14.5. The van der Waals surface area contributed by atoms with Gasteiger partial charge in [0, 0.05) is 18.2 Å². The van der Waals surface area contributed by atoms with Gasteiger partial charge in [-0.05, 0) is 66.1 Å². The molecule has 0 spiro atoms. The SMILES string of the molecule is COc1ccc(OC[C@@H]2c3cc(OC)c(OC)cc3CCN2C(=O)c2cc(OC)cc(OC)c2)cc1. The Morgan fingerprint density at radius 1 is 0.750 bits per heavy atom. The number of amides is 1. The van der Waals surface area contributed by atoms with E-state index >= 15 is 0 Å². The second-order valence-corrected chi connectivity index (χ2v) is 8.26. The molecular formula is C28H31NO7. The summed E-state index contributed by atoms with van der Waals surface area (Å²) in [7, 11) is 7.95. The Morgan fingerprint density at radius 2 is 1.33 bits per heavy atom. The molecule has 1 aliphatic rings. The lowest BCUT2D eigenvalue weighted by Gasteiger charge is -2.37. The number of ether oxygens (including phenoxy) is 6. The summed E-state index contributed by atoms with van der Waals surface area (Å²) < 4.78 is 33.2. The van der Waals surface area contributed by atoms with Crippen LogP contribution in [0.25, 0.3) is 0 Å². The van der Waals surface area contributed by atoms with E-state index in [0.717, 1.165) is 16.9 Å². The van der Waals surface area contributed by atoms with E-state index in [9.17, 15) is 4.79 Å². The minimum atomic E-state index is -0.361. The minimum Gasteiger partial charge on any atom is -0.497 e. The molecule has 8 nitrogen and oxygen atoms in total. The highest BCUT2D eigenvalue weighted by atomic mass is 16.5. The van der Waals surface area contributed by atoms with Crippen LogP contribution in [0.1, 0.15) is 27.5 Å². The van der Waals surface area contributed by atoms with E-state index < -0.39 is 0 Å². The number of rotatable bonds is 9. The van der Waals surface area contributed by atoms with Crippen molar-refractivity contribution in [2.45, 2.75) is 12.5 Å². The van der Waals surface area contributed by atoms with Gasteiger partial charge in [-0.3, -0.25) is 4.79 Å². The second-order valence-electron chi connectivity index (χ2n) is 8.26. The van der Waals surface area contributed by atoms with Crippen LogP contribution in [0.3, 0.4) is 0 Å². The highest BCUT2D eigenvalue weighted by Gasteiger charge is 2.33. The number of nitrogens with zero attached hydrogens (tertiary/aromatic N) is 1. The van der Waals surface area contributed by atoms with E-state index in [1.807, 2.05) is 41.3 Å². The average Bonchev–Trinajstić information content (AvgIpc) is 2.94. The summed E-state index contributed by atoms with van der Waals surface area (Å²) in [6.07, 6.45) is 0.668. The third-order valence-corrected chi connectivity index (χ3v) is 6.33. The summed E-state index contributed by atoms with van der Waals surface area (Å²) in [5.41, 5.74) is 2.52. The molecule has 1 atom stereocenters. The maximum atomic E-state index is 13.8. The molecule has 3 aromatic carbocycles. The highest BCUT2D eigenvalue weighted by molar-refractivity contribution is 5.95. The van der Waals surface area contributed by atoms with Crippen molar-refractivity contribution >= 4 is 5.91 Å². The summed E-state index contributed by atoms with van der Waals surface area (Å²) in [6, 6.07) is 16.1. The lowest BCUT2D eigenvalue weighted by atomic mass is 9.91. The molecule has 0 aliphatic carbocycles. The molecule has 0 radical (unpaired) electrons. The molecule has 8 heteroatoms. The monoisotopic (exact) mass is 493 g/mol. The van der Waals surface area contributed by atoms with E-state index in [-0.39, 0.29) is 18.6 Å². The first-order valence-electron chi connectivity index (χ1n) is 11.6. The fourth-order valence-corrected chi connectivity index (χ4v) is 4.39. The number of benzene rings is 3. The maximum Gasteiger partial charge on any atom is 0.254 e. The summed E-state index contributed by atoms with van der Waals surface area (Å²) >= 11 is 0. The van der Waals surface area contributed by atoms with Crippen LogP contribution in [-0.2, 0) is 6.42 Å². The first-order valence-corrected chi connectivity index (χ1v) is 11.6. The van der Waals surface area contributed by atoms with Gasteiger partial charge >= 0.3 is 0 Å². The van der Waals surface area contributed by atoms with E-state index in [4.69, 9.17) is 28.4 Å². The van der Waals surface area contributed by atoms with Crippen molar-refractivity contribution < 1.29 is 33.2 Å². The Kier molecular flexibility index (Phi) is 7.73. The van der Waals surface area contributed by atoms with Gasteiger partial charge in [-0.15, -0.1) is 0 Å². The van der Waals surface area contributed by atoms with Crippen LogP contribution in [0.4, 0.5) is 0 Å². The van der Waals surface area contributed by atoms with Crippen molar-refractivity contribution in [2.24, 2.45) is 0 Å². The molecule has 0 bridgehead atoms. The molecule has 0 aromatic heterocycles. The zero-order chi connectivity index (χ0) is 25.7. The van der Waals surface area contributed by atoms with Crippen molar-refractivity contribution in [1.29, 1.82) is 0 Å². The molecule has 1 amide bonds. The Morgan fingerprint density at radius 3 is 1.92 bits per heavy atom. The largest absolute Gasteiger partial charge is 0.497 e. The van der Waals surface area contributed by atoms with Crippen LogP contribution in [0.5, 0.6) is 34.5 Å². The molecule has 3 aromatic rings. The minimum absolute atomic E-state index is 0.143. The molecule has 1 aliphatic heterocycles. The van der Waals surface area contributed by atoms with E-state index in [0.29, 0.717) is 47.3 Å². The van der Waals surface area contributed by atoms with Gasteiger partial charge in [-0.2, -0.15) is 0 Å². The van der Waals surface area contributed by atoms with Crippen molar-refractivity contribution in [1.82, 2.24) is 4.90 Å². The van der Waals surface area contributed by atoms with Gasteiger partial charge in [0.05, 0.1) is 41.6 Å². The Hall–Kier alpha value is -4.07. The summed E-state index contributed by atoms with van der Waals surface area (Å²) in [5, 5.41) is 0. The fraction of sp³-hybridized carbons (Fsp3) is 0.321. The van der Waals surface area contributed by atoms with Crippen LogP contribution in [0, 0.1) is 0 Å². The first-order chi connectivity index (χ1) is 17.5. The van der Waals surface area contributed by atoms with Crippen LogP contribution >= 0.6 is 0 Å². The number of methoxy groups -OCH3 is 5. The van der Waals surface area contributed by atoms with Gasteiger partial charge in [0.1, 0.15) is 29.6 Å². The molecule has 36 heavy (non-hydrogen) atoms. The maximum absolute atomic E-state index is 13.8. The zero-order valence-electron chi connectivity index (χ0n) is 21.2. The number of carbonyl (C=O) groups is 1. The first kappa shape index (κ1) is 25.0. The molecule has 0 unspecified atom stereocenters. The van der Waals surface area contributed by atoms with Crippen LogP contribution < -0.4 is 28.4 Å². The molecule has 4 rings (SSSR count). The molecule has 1 heterocycles. The summed E-state index contributed by atoms with van der Waals surface area (Å²) in [5.74, 6) is 3.63. The predicted octanol–water partition coefficient (Wildman–Crippen LogP) is 4.55. The van der Waals surface area contributed by atoms with E-state index in [1.54, 1.807) is 53.7 Å². The average molecular weight is 494 g/mol. The molecule has 0 saturated carbocycles. The predicted molar refractivity (Wildman–Crippen MR) is 135 cm³/mol. The van der Waals surface area contributed by atoms with Crippen molar-refractivity contribution in [3.63, 3.8) is 0 Å². The quantitative estimate of drug-likeness (QED) is 0.433. The van der Waals surface area contributed by atoms with E-state index in [2.05, 4.69) is 0 Å². The molecule has 0 saturated heterocycles. The Bertz CT molecular complexity index is 1190. The Labute approximate surface area is 211 Å². The zero-order valence-corrected chi connectivity index (χ0v) is 21.2. The molecular weight excluding hydrogens is 462 g/mol. The summed E-state index contributed by atoms with van der Waals surface area (Å²) in [4.78, 5) is 15.6. The number of hydrogen-bond acceptors (Lipinski definition) is 7. The smallest absolute Gasteiger partial charge is 0.254 e. The summed E-state index contributed by atoms with van der Waals surface area (Å²) in [6.45, 7) is 0.763.